The van der Waals surface area contributed by atoms with Crippen LogP contribution in [0.25, 0.3) is 100 Å². The summed E-state index contributed by atoms with van der Waals surface area (Å²) in [5.74, 6) is 1.88. The second-order valence-electron chi connectivity index (χ2n) is 14.0. The minimum atomic E-state index is 0.610. The Morgan fingerprint density at radius 1 is 0.304 bits per heavy atom. The monoisotopic (exact) mass is 716 g/mol. The van der Waals surface area contributed by atoms with Gasteiger partial charge >= 0.3 is 0 Å². The van der Waals surface area contributed by atoms with E-state index in [0.717, 1.165) is 61.1 Å². The van der Waals surface area contributed by atoms with Crippen LogP contribution in [0.3, 0.4) is 0 Å². The minimum absolute atomic E-state index is 0.610. The first-order chi connectivity index (χ1) is 27.8. The predicted molar refractivity (Wildman–Crippen MR) is 228 cm³/mol. The van der Waals surface area contributed by atoms with E-state index in [2.05, 4.69) is 130 Å². The van der Waals surface area contributed by atoms with Gasteiger partial charge in [0.25, 0.3) is 0 Å². The molecule has 6 heteroatoms. The summed E-state index contributed by atoms with van der Waals surface area (Å²) in [6, 6.07) is 65.6. The van der Waals surface area contributed by atoms with Crippen LogP contribution in [0, 0.1) is 0 Å². The van der Waals surface area contributed by atoms with Crippen LogP contribution in [0.5, 0.6) is 0 Å². The van der Waals surface area contributed by atoms with E-state index >= 15 is 0 Å². The van der Waals surface area contributed by atoms with Crippen molar-refractivity contribution in [3.63, 3.8) is 0 Å². The van der Waals surface area contributed by atoms with E-state index in [1.807, 2.05) is 72.9 Å². The zero-order chi connectivity index (χ0) is 37.0. The molecule has 262 valence electrons. The van der Waals surface area contributed by atoms with Crippen molar-refractivity contribution in [3.05, 3.63) is 194 Å². The van der Waals surface area contributed by atoms with Crippen LogP contribution in [0.4, 0.5) is 0 Å². The van der Waals surface area contributed by atoms with Gasteiger partial charge in [0.15, 0.2) is 17.5 Å². The molecule has 0 unspecified atom stereocenters. The third-order valence-electron chi connectivity index (χ3n) is 10.6. The molecule has 4 heterocycles. The highest BCUT2D eigenvalue weighted by atomic mass is 15.1. The van der Waals surface area contributed by atoms with E-state index in [1.54, 1.807) is 0 Å². The SMILES string of the molecule is c1ccc(-c2nc(-c3ccccc3)nc(-c3cccc(-n4c5ccc(-c6ccc7c8ccccc8n(-c8ccccc8)c7c6)cc5c5cccnc54)c3)n2)cc1. The summed E-state index contributed by atoms with van der Waals surface area (Å²) < 4.78 is 4.61. The molecule has 7 aromatic carbocycles. The average molecular weight is 717 g/mol. The highest BCUT2D eigenvalue weighted by Gasteiger charge is 2.18. The number of hydrogen-bond donors (Lipinski definition) is 0. The fraction of sp³-hybridized carbons (Fsp3) is 0. The first kappa shape index (κ1) is 31.8. The van der Waals surface area contributed by atoms with E-state index in [4.69, 9.17) is 19.9 Å². The quantitative estimate of drug-likeness (QED) is 0.172. The molecule has 0 amide bonds. The zero-order valence-electron chi connectivity index (χ0n) is 30.2. The lowest BCUT2D eigenvalue weighted by molar-refractivity contribution is 1.07. The number of nitrogens with zero attached hydrogens (tertiary/aromatic N) is 6. The average Bonchev–Trinajstić information content (AvgIpc) is 3.79. The fourth-order valence-electron chi connectivity index (χ4n) is 8.01. The summed E-state index contributed by atoms with van der Waals surface area (Å²) in [5, 5.41) is 4.71. The van der Waals surface area contributed by atoms with E-state index in [9.17, 15) is 0 Å². The van der Waals surface area contributed by atoms with Gasteiger partial charge in [0.05, 0.1) is 16.6 Å². The third kappa shape index (κ3) is 5.27. The van der Waals surface area contributed by atoms with Gasteiger partial charge in [-0.1, -0.05) is 127 Å². The van der Waals surface area contributed by atoms with Crippen molar-refractivity contribution in [2.45, 2.75) is 0 Å². The Hall–Kier alpha value is -7.70. The lowest BCUT2D eigenvalue weighted by Gasteiger charge is -2.11. The smallest absolute Gasteiger partial charge is 0.164 e. The molecule has 0 fully saturated rings. The number of benzene rings is 7. The molecule has 0 bridgehead atoms. The molecule has 6 nitrogen and oxygen atoms in total. The maximum atomic E-state index is 5.00. The van der Waals surface area contributed by atoms with Crippen molar-refractivity contribution in [2.24, 2.45) is 0 Å². The summed E-state index contributed by atoms with van der Waals surface area (Å²) in [6.45, 7) is 0. The number of hydrogen-bond acceptors (Lipinski definition) is 4. The number of para-hydroxylation sites is 2. The second-order valence-corrected chi connectivity index (χ2v) is 14.0. The number of fused-ring (bicyclic) bond motifs is 6. The van der Waals surface area contributed by atoms with Gasteiger partial charge in [-0.25, -0.2) is 19.9 Å². The van der Waals surface area contributed by atoms with Gasteiger partial charge in [0, 0.05) is 55.8 Å². The van der Waals surface area contributed by atoms with E-state index in [-0.39, 0.29) is 0 Å². The normalized spacial score (nSPS) is 11.6. The van der Waals surface area contributed by atoms with Gasteiger partial charge in [0.1, 0.15) is 5.65 Å². The van der Waals surface area contributed by atoms with Crippen LogP contribution in [0.15, 0.2) is 194 Å². The van der Waals surface area contributed by atoms with Crippen molar-refractivity contribution >= 4 is 43.7 Å². The summed E-state index contributed by atoms with van der Waals surface area (Å²) in [6.07, 6.45) is 1.86. The molecule has 0 aliphatic carbocycles. The van der Waals surface area contributed by atoms with Gasteiger partial charge in [-0.15, -0.1) is 0 Å². The first-order valence-electron chi connectivity index (χ1n) is 18.7. The Morgan fingerprint density at radius 3 is 1.61 bits per heavy atom. The molecule has 0 saturated carbocycles. The van der Waals surface area contributed by atoms with E-state index in [1.165, 1.54) is 21.8 Å². The topological polar surface area (TPSA) is 61.4 Å². The number of aromatic nitrogens is 6. The summed E-state index contributed by atoms with van der Waals surface area (Å²) in [7, 11) is 0. The Bertz CT molecular complexity index is 3180. The molecule has 0 spiro atoms. The van der Waals surface area contributed by atoms with Crippen LogP contribution in [-0.4, -0.2) is 29.1 Å². The molecule has 0 aliphatic heterocycles. The molecule has 0 N–H and O–H groups in total. The molecule has 0 atom stereocenters. The largest absolute Gasteiger partial charge is 0.309 e. The lowest BCUT2D eigenvalue weighted by Crippen LogP contribution is -2.01. The van der Waals surface area contributed by atoms with Crippen molar-refractivity contribution < 1.29 is 0 Å². The van der Waals surface area contributed by atoms with Crippen LogP contribution >= 0.6 is 0 Å². The number of pyridine rings is 1. The Kier molecular flexibility index (Phi) is 7.38. The van der Waals surface area contributed by atoms with Crippen molar-refractivity contribution in [1.82, 2.24) is 29.1 Å². The first-order valence-corrected chi connectivity index (χ1v) is 18.7. The molecule has 56 heavy (non-hydrogen) atoms. The molecule has 11 rings (SSSR count). The van der Waals surface area contributed by atoms with Crippen LogP contribution in [-0.2, 0) is 0 Å². The number of rotatable bonds is 6. The lowest BCUT2D eigenvalue weighted by atomic mass is 10.0. The van der Waals surface area contributed by atoms with Gasteiger partial charge < -0.3 is 4.57 Å². The summed E-state index contributed by atoms with van der Waals surface area (Å²) in [4.78, 5) is 19.8. The Morgan fingerprint density at radius 2 is 0.857 bits per heavy atom. The second kappa shape index (κ2) is 13.0. The minimum Gasteiger partial charge on any atom is -0.309 e. The highest BCUT2D eigenvalue weighted by molar-refractivity contribution is 6.12. The fourth-order valence-corrected chi connectivity index (χ4v) is 8.01. The van der Waals surface area contributed by atoms with Crippen LogP contribution in [0.1, 0.15) is 0 Å². The maximum Gasteiger partial charge on any atom is 0.164 e. The maximum absolute atomic E-state index is 5.00. The van der Waals surface area contributed by atoms with E-state index < -0.39 is 0 Å². The molecular weight excluding hydrogens is 685 g/mol. The van der Waals surface area contributed by atoms with Crippen LogP contribution in [0.2, 0.25) is 0 Å². The van der Waals surface area contributed by atoms with Crippen molar-refractivity contribution in [3.8, 4) is 56.7 Å². The molecule has 0 aliphatic rings. The summed E-state index contributed by atoms with van der Waals surface area (Å²) in [5.41, 5.74) is 11.5. The molecule has 11 aromatic rings. The van der Waals surface area contributed by atoms with Gasteiger partial charge in [-0.2, -0.15) is 0 Å². The molecule has 0 radical (unpaired) electrons. The van der Waals surface area contributed by atoms with E-state index in [0.29, 0.717) is 17.5 Å². The molecule has 4 aromatic heterocycles. The van der Waals surface area contributed by atoms with Gasteiger partial charge in [-0.05, 0) is 71.8 Å². The van der Waals surface area contributed by atoms with Crippen molar-refractivity contribution in [1.29, 1.82) is 0 Å². The molecule has 0 saturated heterocycles. The molecular formula is C50H32N6. The standard InChI is InChI=1S/C50H32N6/c1-4-14-33(15-5-1)47-52-48(34-16-6-2-7-17-34)54-49(53-47)37-18-12-21-39(30-37)56-45-28-26-35(31-43(45)42-23-13-29-51-50(42)56)36-25-27-41-40-22-10-11-24-44(40)55(46(41)32-36)38-19-8-3-9-20-38/h1-32H. The Balaban J connectivity index is 1.06. The van der Waals surface area contributed by atoms with Crippen LogP contribution < -0.4 is 0 Å². The van der Waals surface area contributed by atoms with Gasteiger partial charge in [-0.3, -0.25) is 4.57 Å². The Labute approximate surface area is 322 Å². The van der Waals surface area contributed by atoms with Gasteiger partial charge in [0.2, 0.25) is 0 Å². The highest BCUT2D eigenvalue weighted by Crippen LogP contribution is 2.38. The van der Waals surface area contributed by atoms with Crippen molar-refractivity contribution in [2.75, 3.05) is 0 Å². The summed E-state index contributed by atoms with van der Waals surface area (Å²) >= 11 is 0. The zero-order valence-corrected chi connectivity index (χ0v) is 30.2. The predicted octanol–water partition coefficient (Wildman–Crippen LogP) is 12.1. The third-order valence-corrected chi connectivity index (χ3v) is 10.6.